The van der Waals surface area contributed by atoms with Gasteiger partial charge < -0.3 is 10.1 Å². The molecule has 0 aliphatic carbocycles. The Bertz CT molecular complexity index is 1120. The van der Waals surface area contributed by atoms with Crippen LogP contribution in [0, 0.1) is 6.92 Å². The Morgan fingerprint density at radius 3 is 2.53 bits per heavy atom. The van der Waals surface area contributed by atoms with Gasteiger partial charge in [-0.25, -0.2) is 18.1 Å². The highest BCUT2D eigenvalue weighted by Crippen LogP contribution is 2.24. The number of sulfonamides is 1. The van der Waals surface area contributed by atoms with Crippen LogP contribution in [0.15, 0.2) is 58.8 Å². The smallest absolute Gasteiger partial charge is 0.262 e. The van der Waals surface area contributed by atoms with Gasteiger partial charge >= 0.3 is 0 Å². The van der Waals surface area contributed by atoms with Crippen LogP contribution in [0.5, 0.6) is 5.75 Å². The quantitative estimate of drug-likeness (QED) is 0.549. The molecule has 0 bridgehead atoms. The lowest BCUT2D eigenvalue weighted by atomic mass is 10.1. The standard InChI is InChI=1S/C21H23N3O4S2/c1-14(2)24-30(26,27)19-9-7-18(8-10-19)28-12-21(25)23-17-6-4-5-16(11-17)20-13-29-15(3)22-20/h4-11,13-14,24H,12H2,1-3H3,(H,23,25). The zero-order valence-electron chi connectivity index (χ0n) is 16.9. The van der Waals surface area contributed by atoms with Gasteiger partial charge in [0.15, 0.2) is 6.61 Å². The number of anilines is 1. The summed E-state index contributed by atoms with van der Waals surface area (Å²) in [5.41, 5.74) is 2.43. The molecule has 0 saturated heterocycles. The largest absolute Gasteiger partial charge is 0.484 e. The summed E-state index contributed by atoms with van der Waals surface area (Å²) < 4.78 is 32.3. The third kappa shape index (κ3) is 5.88. The Morgan fingerprint density at radius 1 is 1.17 bits per heavy atom. The number of hydrogen-bond donors (Lipinski definition) is 2. The molecule has 0 atom stereocenters. The van der Waals surface area contributed by atoms with Gasteiger partial charge in [0.05, 0.1) is 15.6 Å². The van der Waals surface area contributed by atoms with Gasteiger partial charge in [-0.2, -0.15) is 0 Å². The molecule has 0 radical (unpaired) electrons. The summed E-state index contributed by atoms with van der Waals surface area (Å²) in [6.45, 7) is 5.25. The fourth-order valence-corrected chi connectivity index (χ4v) is 4.56. The van der Waals surface area contributed by atoms with E-state index in [0.29, 0.717) is 11.4 Å². The van der Waals surface area contributed by atoms with Gasteiger partial charge in [-0.1, -0.05) is 12.1 Å². The number of ether oxygens (including phenoxy) is 1. The molecule has 1 heterocycles. The molecule has 0 saturated carbocycles. The van der Waals surface area contributed by atoms with Crippen LogP contribution in [0.3, 0.4) is 0 Å². The van der Waals surface area contributed by atoms with Crippen molar-refractivity contribution in [2.45, 2.75) is 31.7 Å². The lowest BCUT2D eigenvalue weighted by Gasteiger charge is -2.11. The van der Waals surface area contributed by atoms with Crippen LogP contribution in [0.2, 0.25) is 0 Å². The van der Waals surface area contributed by atoms with Crippen LogP contribution in [0.25, 0.3) is 11.3 Å². The topological polar surface area (TPSA) is 97.4 Å². The molecule has 7 nitrogen and oxygen atoms in total. The SMILES string of the molecule is Cc1nc(-c2cccc(NC(=O)COc3ccc(S(=O)(=O)NC(C)C)cc3)c2)cs1. The molecule has 30 heavy (non-hydrogen) atoms. The summed E-state index contributed by atoms with van der Waals surface area (Å²) >= 11 is 1.57. The van der Waals surface area contributed by atoms with E-state index in [9.17, 15) is 13.2 Å². The van der Waals surface area contributed by atoms with Gasteiger partial charge in [-0.3, -0.25) is 4.79 Å². The normalized spacial score (nSPS) is 11.5. The second kappa shape index (κ2) is 9.38. The number of nitrogens with zero attached hydrogens (tertiary/aromatic N) is 1. The first-order valence-corrected chi connectivity index (χ1v) is 11.7. The van der Waals surface area contributed by atoms with Gasteiger partial charge in [0.1, 0.15) is 5.75 Å². The Balaban J connectivity index is 1.57. The first-order chi connectivity index (χ1) is 14.2. The second-order valence-corrected chi connectivity index (χ2v) is 9.69. The van der Waals surface area contributed by atoms with Gasteiger partial charge in [0.2, 0.25) is 10.0 Å². The third-order valence-corrected chi connectivity index (χ3v) is 6.40. The van der Waals surface area contributed by atoms with Gasteiger partial charge in [-0.05, 0) is 57.2 Å². The van der Waals surface area contributed by atoms with E-state index in [1.54, 1.807) is 31.3 Å². The Labute approximate surface area is 180 Å². The number of benzene rings is 2. The Hall–Kier alpha value is -2.75. The van der Waals surface area contributed by atoms with Crippen molar-refractivity contribution in [2.24, 2.45) is 0 Å². The second-order valence-electron chi connectivity index (χ2n) is 6.92. The van der Waals surface area contributed by atoms with Gasteiger partial charge in [0, 0.05) is 22.7 Å². The van der Waals surface area contributed by atoms with Crippen molar-refractivity contribution < 1.29 is 17.9 Å². The number of carbonyl (C=O) groups excluding carboxylic acids is 1. The van der Waals surface area contributed by atoms with Crippen molar-refractivity contribution in [3.05, 3.63) is 58.9 Å². The fourth-order valence-electron chi connectivity index (χ4n) is 2.69. The molecule has 158 valence electrons. The summed E-state index contributed by atoms with van der Waals surface area (Å²) in [7, 11) is -3.56. The van der Waals surface area contributed by atoms with Crippen molar-refractivity contribution in [3.63, 3.8) is 0 Å². The number of aryl methyl sites for hydroxylation is 1. The molecule has 1 amide bonds. The Kier molecular flexibility index (Phi) is 6.86. The monoisotopic (exact) mass is 445 g/mol. The highest BCUT2D eigenvalue weighted by molar-refractivity contribution is 7.89. The average Bonchev–Trinajstić information content (AvgIpc) is 3.12. The van der Waals surface area contributed by atoms with Gasteiger partial charge in [-0.15, -0.1) is 11.3 Å². The number of thiazole rings is 1. The van der Waals surface area contributed by atoms with E-state index >= 15 is 0 Å². The van der Waals surface area contributed by atoms with Crippen LogP contribution in [0.1, 0.15) is 18.9 Å². The summed E-state index contributed by atoms with van der Waals surface area (Å²) in [4.78, 5) is 16.8. The molecule has 0 unspecified atom stereocenters. The highest BCUT2D eigenvalue weighted by atomic mass is 32.2. The maximum Gasteiger partial charge on any atom is 0.262 e. The van der Waals surface area contributed by atoms with E-state index in [1.165, 1.54) is 24.3 Å². The number of carbonyl (C=O) groups is 1. The van der Waals surface area contributed by atoms with Crippen LogP contribution in [0.4, 0.5) is 5.69 Å². The van der Waals surface area contributed by atoms with Crippen molar-refractivity contribution in [3.8, 4) is 17.0 Å². The average molecular weight is 446 g/mol. The predicted molar refractivity (Wildman–Crippen MR) is 118 cm³/mol. The zero-order chi connectivity index (χ0) is 21.7. The van der Waals surface area contributed by atoms with E-state index in [4.69, 9.17) is 4.74 Å². The van der Waals surface area contributed by atoms with Crippen molar-refractivity contribution in [2.75, 3.05) is 11.9 Å². The van der Waals surface area contributed by atoms with Crippen LogP contribution in [-0.2, 0) is 14.8 Å². The first-order valence-electron chi connectivity index (χ1n) is 9.30. The number of aromatic nitrogens is 1. The summed E-state index contributed by atoms with van der Waals surface area (Å²) in [5.74, 6) is 0.0835. The minimum Gasteiger partial charge on any atom is -0.484 e. The fraction of sp³-hybridized carbons (Fsp3) is 0.238. The molecule has 0 fully saturated rings. The van der Waals surface area contributed by atoms with E-state index < -0.39 is 10.0 Å². The molecule has 0 spiro atoms. The molecular formula is C21H23N3O4S2. The molecule has 0 aliphatic heterocycles. The lowest BCUT2D eigenvalue weighted by molar-refractivity contribution is -0.118. The molecule has 2 N–H and O–H groups in total. The molecule has 9 heteroatoms. The minimum absolute atomic E-state index is 0.141. The maximum absolute atomic E-state index is 12.2. The summed E-state index contributed by atoms with van der Waals surface area (Å²) in [6.07, 6.45) is 0. The number of rotatable bonds is 8. The molecular weight excluding hydrogens is 422 g/mol. The highest BCUT2D eigenvalue weighted by Gasteiger charge is 2.15. The molecule has 3 aromatic rings. The zero-order valence-corrected chi connectivity index (χ0v) is 18.5. The number of hydrogen-bond acceptors (Lipinski definition) is 6. The Morgan fingerprint density at radius 2 is 1.90 bits per heavy atom. The van der Waals surface area contributed by atoms with E-state index in [0.717, 1.165) is 16.3 Å². The van der Waals surface area contributed by atoms with Crippen molar-refractivity contribution >= 4 is 33.0 Å². The van der Waals surface area contributed by atoms with Crippen molar-refractivity contribution in [1.82, 2.24) is 9.71 Å². The lowest BCUT2D eigenvalue weighted by Crippen LogP contribution is -2.30. The van der Waals surface area contributed by atoms with Crippen molar-refractivity contribution in [1.29, 1.82) is 0 Å². The summed E-state index contributed by atoms with van der Waals surface area (Å²) in [6, 6.07) is 13.2. The number of amides is 1. The van der Waals surface area contributed by atoms with Gasteiger partial charge in [0.25, 0.3) is 5.91 Å². The predicted octanol–water partition coefficient (Wildman–Crippen LogP) is 3.82. The van der Waals surface area contributed by atoms with E-state index in [1.807, 2.05) is 30.5 Å². The molecule has 3 rings (SSSR count). The maximum atomic E-state index is 12.2. The van der Waals surface area contributed by atoms with Crippen LogP contribution in [-0.4, -0.2) is 32.0 Å². The summed E-state index contributed by atoms with van der Waals surface area (Å²) in [5, 5.41) is 5.74. The first kappa shape index (κ1) is 21.9. The third-order valence-electron chi connectivity index (χ3n) is 3.96. The minimum atomic E-state index is -3.56. The van der Waals surface area contributed by atoms with E-state index in [-0.39, 0.29) is 23.5 Å². The van der Waals surface area contributed by atoms with Crippen LogP contribution < -0.4 is 14.8 Å². The molecule has 0 aliphatic rings. The van der Waals surface area contributed by atoms with E-state index in [2.05, 4.69) is 15.0 Å². The number of nitrogens with one attached hydrogen (secondary N) is 2. The molecule has 2 aromatic carbocycles. The molecule has 1 aromatic heterocycles. The van der Waals surface area contributed by atoms with Crippen LogP contribution >= 0.6 is 11.3 Å².